The Kier molecular flexibility index (Phi) is 5.66. The van der Waals surface area contributed by atoms with Crippen LogP contribution in [0.5, 0.6) is 0 Å². The van der Waals surface area contributed by atoms with Gasteiger partial charge >= 0.3 is 0 Å². The molecule has 1 aliphatic heterocycles. The molecule has 3 heterocycles. The first-order valence-corrected chi connectivity index (χ1v) is 11.8. The molecule has 0 saturated carbocycles. The lowest BCUT2D eigenvalue weighted by molar-refractivity contribution is -0.126. The zero-order valence-electron chi connectivity index (χ0n) is 15.8. The first kappa shape index (κ1) is 20.0. The normalized spacial score (nSPS) is 17.7. The van der Waals surface area contributed by atoms with Crippen molar-refractivity contribution in [2.75, 3.05) is 13.1 Å². The van der Waals surface area contributed by atoms with Crippen molar-refractivity contribution in [2.24, 2.45) is 5.92 Å². The van der Waals surface area contributed by atoms with E-state index >= 15 is 0 Å². The van der Waals surface area contributed by atoms with Gasteiger partial charge in [-0.2, -0.15) is 4.31 Å². The fourth-order valence-electron chi connectivity index (χ4n) is 3.73. The van der Waals surface area contributed by atoms with Crippen molar-refractivity contribution in [1.82, 2.24) is 20.1 Å². The molecular formula is C19H22N4O4S2. The van der Waals surface area contributed by atoms with Crippen LogP contribution in [0.2, 0.25) is 0 Å². The number of carbonyl (C=O) groups excluding carboxylic acids is 2. The molecule has 29 heavy (non-hydrogen) atoms. The monoisotopic (exact) mass is 434 g/mol. The number of fused-ring (bicyclic) bond motifs is 1. The molecule has 8 nitrogen and oxygen atoms in total. The van der Waals surface area contributed by atoms with Crippen LogP contribution in [0.3, 0.4) is 0 Å². The SMILES string of the molecule is O=C(NNC(=O)C1CCN(S(=O)(=O)c2cccnc2)CC1)c1cc2c(s1)CCC2. The van der Waals surface area contributed by atoms with Crippen molar-refractivity contribution in [1.29, 1.82) is 0 Å². The predicted molar refractivity (Wildman–Crippen MR) is 108 cm³/mol. The summed E-state index contributed by atoms with van der Waals surface area (Å²) in [6.45, 7) is 0.502. The standard InChI is InChI=1S/C19H22N4O4S2/c24-18(21-22-19(25)17-11-14-3-1-5-16(14)28-17)13-6-9-23(10-7-13)29(26,27)15-4-2-8-20-12-15/h2,4,8,11-13H,1,3,5-7,9-10H2,(H,21,24)(H,22,25). The highest BCUT2D eigenvalue weighted by Crippen LogP contribution is 2.30. The molecule has 1 saturated heterocycles. The Morgan fingerprint density at radius 1 is 1.17 bits per heavy atom. The third-order valence-corrected chi connectivity index (χ3v) is 8.48. The van der Waals surface area contributed by atoms with Gasteiger partial charge in [0, 0.05) is 36.3 Å². The predicted octanol–water partition coefficient (Wildman–Crippen LogP) is 1.49. The Morgan fingerprint density at radius 3 is 2.66 bits per heavy atom. The van der Waals surface area contributed by atoms with Crippen LogP contribution in [-0.4, -0.2) is 42.6 Å². The van der Waals surface area contributed by atoms with E-state index in [1.54, 1.807) is 6.07 Å². The molecule has 0 unspecified atom stereocenters. The van der Waals surface area contributed by atoms with Gasteiger partial charge in [-0.15, -0.1) is 11.3 Å². The molecule has 2 aromatic rings. The second-order valence-electron chi connectivity index (χ2n) is 7.22. The Labute approximate surface area is 173 Å². The number of carbonyl (C=O) groups is 2. The van der Waals surface area contributed by atoms with Crippen LogP contribution in [0.1, 0.15) is 39.4 Å². The van der Waals surface area contributed by atoms with Gasteiger partial charge in [0.1, 0.15) is 4.90 Å². The number of aryl methyl sites for hydroxylation is 2. The van der Waals surface area contributed by atoms with Crippen molar-refractivity contribution in [3.63, 3.8) is 0 Å². The molecule has 2 aromatic heterocycles. The fourth-order valence-corrected chi connectivity index (χ4v) is 6.31. The van der Waals surface area contributed by atoms with Gasteiger partial charge in [0.05, 0.1) is 4.88 Å². The number of nitrogens with one attached hydrogen (secondary N) is 2. The molecular weight excluding hydrogens is 412 g/mol. The van der Waals surface area contributed by atoms with E-state index in [2.05, 4.69) is 15.8 Å². The minimum Gasteiger partial charge on any atom is -0.273 e. The molecule has 2 amide bonds. The van der Waals surface area contributed by atoms with Crippen molar-refractivity contribution in [3.8, 4) is 0 Å². The molecule has 1 aliphatic carbocycles. The van der Waals surface area contributed by atoms with Gasteiger partial charge in [0.15, 0.2) is 0 Å². The largest absolute Gasteiger partial charge is 0.279 e. The first-order chi connectivity index (χ1) is 13.9. The van der Waals surface area contributed by atoms with Gasteiger partial charge < -0.3 is 0 Å². The summed E-state index contributed by atoms with van der Waals surface area (Å²) in [6, 6.07) is 4.99. The number of aromatic nitrogens is 1. The molecule has 1 fully saturated rings. The lowest BCUT2D eigenvalue weighted by atomic mass is 9.98. The van der Waals surface area contributed by atoms with E-state index in [4.69, 9.17) is 0 Å². The average molecular weight is 435 g/mol. The number of sulfonamides is 1. The molecule has 0 bridgehead atoms. The van der Waals surface area contributed by atoms with Gasteiger partial charge in [-0.3, -0.25) is 25.4 Å². The van der Waals surface area contributed by atoms with E-state index in [0.717, 1.165) is 19.3 Å². The maximum atomic E-state index is 12.6. The number of rotatable bonds is 4. The third kappa shape index (κ3) is 4.19. The molecule has 0 radical (unpaired) electrons. The van der Waals surface area contributed by atoms with E-state index in [9.17, 15) is 18.0 Å². The summed E-state index contributed by atoms with van der Waals surface area (Å²) in [7, 11) is -3.60. The van der Waals surface area contributed by atoms with Crippen molar-refractivity contribution in [3.05, 3.63) is 45.9 Å². The maximum absolute atomic E-state index is 12.6. The van der Waals surface area contributed by atoms with Gasteiger partial charge in [0.2, 0.25) is 15.9 Å². The Balaban J connectivity index is 1.28. The van der Waals surface area contributed by atoms with Crippen molar-refractivity contribution >= 4 is 33.2 Å². The van der Waals surface area contributed by atoms with Gasteiger partial charge in [-0.1, -0.05) is 0 Å². The van der Waals surface area contributed by atoms with Crippen LogP contribution in [0.15, 0.2) is 35.5 Å². The average Bonchev–Trinajstić information content (AvgIpc) is 3.35. The summed E-state index contributed by atoms with van der Waals surface area (Å²) in [5, 5.41) is 0. The number of nitrogens with zero attached hydrogens (tertiary/aromatic N) is 2. The Bertz CT molecular complexity index is 991. The molecule has 0 aromatic carbocycles. The molecule has 0 spiro atoms. The van der Waals surface area contributed by atoms with Crippen LogP contribution >= 0.6 is 11.3 Å². The van der Waals surface area contributed by atoms with E-state index in [1.165, 1.54) is 44.5 Å². The second-order valence-corrected chi connectivity index (χ2v) is 10.3. The molecule has 154 valence electrons. The van der Waals surface area contributed by atoms with Gasteiger partial charge in [-0.25, -0.2) is 8.42 Å². The van der Waals surface area contributed by atoms with Crippen LogP contribution < -0.4 is 10.9 Å². The highest BCUT2D eigenvalue weighted by molar-refractivity contribution is 7.89. The van der Waals surface area contributed by atoms with Crippen LogP contribution in [-0.2, 0) is 27.7 Å². The number of hydrazine groups is 1. The van der Waals surface area contributed by atoms with E-state index in [1.807, 2.05) is 6.07 Å². The van der Waals surface area contributed by atoms with Gasteiger partial charge in [0.25, 0.3) is 5.91 Å². The van der Waals surface area contributed by atoms with E-state index < -0.39 is 10.0 Å². The summed E-state index contributed by atoms with van der Waals surface area (Å²) in [4.78, 5) is 30.5. The van der Waals surface area contributed by atoms with Crippen LogP contribution in [0.4, 0.5) is 0 Å². The van der Waals surface area contributed by atoms with Gasteiger partial charge in [-0.05, 0) is 55.9 Å². The van der Waals surface area contributed by atoms with E-state index in [-0.39, 0.29) is 35.7 Å². The molecule has 10 heteroatoms. The lowest BCUT2D eigenvalue weighted by Gasteiger charge is -2.30. The van der Waals surface area contributed by atoms with Crippen molar-refractivity contribution in [2.45, 2.75) is 37.0 Å². The number of hydrogen-bond donors (Lipinski definition) is 2. The molecule has 0 atom stereocenters. The summed E-state index contributed by atoms with van der Waals surface area (Å²) in [5.41, 5.74) is 6.21. The second kappa shape index (κ2) is 8.21. The number of thiophene rings is 1. The quantitative estimate of drug-likeness (QED) is 0.709. The highest BCUT2D eigenvalue weighted by Gasteiger charge is 2.32. The van der Waals surface area contributed by atoms with Crippen LogP contribution in [0, 0.1) is 5.92 Å². The highest BCUT2D eigenvalue weighted by atomic mass is 32.2. The number of pyridine rings is 1. The summed E-state index contributed by atoms with van der Waals surface area (Å²) >= 11 is 1.48. The number of amides is 2. The summed E-state index contributed by atoms with van der Waals surface area (Å²) in [5.74, 6) is -0.945. The van der Waals surface area contributed by atoms with Crippen LogP contribution in [0.25, 0.3) is 0 Å². The summed E-state index contributed by atoms with van der Waals surface area (Å²) < 4.78 is 26.6. The van der Waals surface area contributed by atoms with E-state index in [0.29, 0.717) is 17.7 Å². The Morgan fingerprint density at radius 2 is 1.97 bits per heavy atom. The maximum Gasteiger partial charge on any atom is 0.279 e. The molecule has 2 aliphatic rings. The first-order valence-electron chi connectivity index (χ1n) is 9.57. The lowest BCUT2D eigenvalue weighted by Crippen LogP contribution is -2.48. The fraction of sp³-hybridized carbons (Fsp3) is 0.421. The number of hydrogen-bond acceptors (Lipinski definition) is 6. The zero-order valence-corrected chi connectivity index (χ0v) is 17.4. The third-order valence-electron chi connectivity index (χ3n) is 5.37. The Hall–Kier alpha value is -2.30. The minimum atomic E-state index is -3.60. The topological polar surface area (TPSA) is 108 Å². The summed E-state index contributed by atoms with van der Waals surface area (Å²) in [6.07, 6.45) is 6.79. The smallest absolute Gasteiger partial charge is 0.273 e. The van der Waals surface area contributed by atoms with Crippen molar-refractivity contribution < 1.29 is 18.0 Å². The molecule has 4 rings (SSSR count). The minimum absolute atomic E-state index is 0.151. The zero-order chi connectivity index (χ0) is 20.4. The number of piperidine rings is 1. The molecule has 2 N–H and O–H groups in total.